The van der Waals surface area contributed by atoms with Crippen LogP contribution < -0.4 is 9.47 Å². The third-order valence-electron chi connectivity index (χ3n) is 6.57. The first-order valence-electron chi connectivity index (χ1n) is 13.2. The van der Waals surface area contributed by atoms with E-state index in [1.54, 1.807) is 0 Å². The fourth-order valence-electron chi connectivity index (χ4n) is 4.58. The summed E-state index contributed by atoms with van der Waals surface area (Å²) in [6.45, 7) is 1.40. The first-order valence-corrected chi connectivity index (χ1v) is 13.2. The third kappa shape index (κ3) is 5.54. The van der Waals surface area contributed by atoms with Crippen molar-refractivity contribution in [2.75, 3.05) is 13.2 Å². The monoisotopic (exact) mass is 502 g/mol. The lowest BCUT2D eigenvalue weighted by Gasteiger charge is -2.09. The Hall–Kier alpha value is -4.58. The number of unbranched alkanes of at least 4 members (excludes halogenated alkanes) is 3. The molecule has 0 radical (unpaired) electrons. The van der Waals surface area contributed by atoms with Crippen LogP contribution in [0.4, 0.5) is 0 Å². The lowest BCUT2D eigenvalue weighted by atomic mass is 10.2. The van der Waals surface area contributed by atoms with E-state index in [0.717, 1.165) is 82.0 Å². The molecular formula is C32H30N4O2. The van der Waals surface area contributed by atoms with Crippen LogP contribution in [-0.2, 0) is 0 Å². The second-order valence-electron chi connectivity index (χ2n) is 9.37. The Morgan fingerprint density at radius 3 is 1.45 bits per heavy atom. The van der Waals surface area contributed by atoms with E-state index in [1.165, 1.54) is 0 Å². The topological polar surface area (TPSA) is 75.8 Å². The van der Waals surface area contributed by atoms with Gasteiger partial charge in [-0.15, -0.1) is 0 Å². The molecule has 2 aromatic heterocycles. The summed E-state index contributed by atoms with van der Waals surface area (Å²) in [5.41, 5.74) is 6.07. The van der Waals surface area contributed by atoms with Gasteiger partial charge < -0.3 is 19.4 Å². The molecule has 190 valence electrons. The highest BCUT2D eigenvalue weighted by Gasteiger charge is 2.07. The summed E-state index contributed by atoms with van der Waals surface area (Å²) in [5.74, 6) is 3.46. The summed E-state index contributed by atoms with van der Waals surface area (Å²) in [7, 11) is 0. The van der Waals surface area contributed by atoms with Crippen molar-refractivity contribution in [2.24, 2.45) is 0 Å². The first kappa shape index (κ1) is 23.8. The maximum Gasteiger partial charge on any atom is 0.138 e. The van der Waals surface area contributed by atoms with E-state index in [-0.39, 0.29) is 0 Å². The van der Waals surface area contributed by atoms with E-state index in [4.69, 9.17) is 9.47 Å². The van der Waals surface area contributed by atoms with Crippen LogP contribution in [0.3, 0.4) is 0 Å². The van der Waals surface area contributed by atoms with E-state index in [9.17, 15) is 0 Å². The lowest BCUT2D eigenvalue weighted by molar-refractivity contribution is 0.287. The van der Waals surface area contributed by atoms with E-state index in [1.807, 2.05) is 84.9 Å². The number of aromatic amines is 2. The summed E-state index contributed by atoms with van der Waals surface area (Å²) in [5, 5.41) is 0. The van der Waals surface area contributed by atoms with Gasteiger partial charge in [-0.05, 0) is 74.2 Å². The molecule has 6 aromatic rings. The van der Waals surface area contributed by atoms with Crippen molar-refractivity contribution < 1.29 is 9.47 Å². The number of aromatic nitrogens is 4. The van der Waals surface area contributed by atoms with Gasteiger partial charge in [0.1, 0.15) is 23.1 Å². The van der Waals surface area contributed by atoms with Crippen molar-refractivity contribution in [2.45, 2.75) is 25.7 Å². The zero-order chi connectivity index (χ0) is 25.6. The van der Waals surface area contributed by atoms with Gasteiger partial charge in [0.05, 0.1) is 35.3 Å². The summed E-state index contributed by atoms with van der Waals surface area (Å²) in [4.78, 5) is 16.1. The zero-order valence-electron chi connectivity index (χ0n) is 21.2. The quantitative estimate of drug-likeness (QED) is 0.177. The number of imidazole rings is 2. The number of fused-ring (bicyclic) bond motifs is 2. The number of nitrogens with one attached hydrogen (secondary N) is 2. The average molecular weight is 503 g/mol. The molecule has 0 amide bonds. The molecule has 0 fully saturated rings. The van der Waals surface area contributed by atoms with Crippen molar-refractivity contribution in [1.29, 1.82) is 0 Å². The van der Waals surface area contributed by atoms with Crippen LogP contribution >= 0.6 is 0 Å². The van der Waals surface area contributed by atoms with Gasteiger partial charge in [0.25, 0.3) is 0 Å². The van der Waals surface area contributed by atoms with Crippen molar-refractivity contribution in [1.82, 2.24) is 19.9 Å². The van der Waals surface area contributed by atoms with Gasteiger partial charge in [0, 0.05) is 11.1 Å². The summed E-state index contributed by atoms with van der Waals surface area (Å²) in [6, 6.07) is 32.3. The zero-order valence-corrected chi connectivity index (χ0v) is 21.2. The molecule has 6 heteroatoms. The highest BCUT2D eigenvalue weighted by Crippen LogP contribution is 2.25. The molecule has 4 aromatic carbocycles. The molecule has 0 saturated carbocycles. The van der Waals surface area contributed by atoms with Crippen LogP contribution in [0.5, 0.6) is 11.5 Å². The molecule has 6 nitrogen and oxygen atoms in total. The maximum absolute atomic E-state index is 6.01. The van der Waals surface area contributed by atoms with Crippen molar-refractivity contribution >= 4 is 22.1 Å². The Morgan fingerprint density at radius 2 is 0.974 bits per heavy atom. The van der Waals surface area contributed by atoms with E-state index < -0.39 is 0 Å². The van der Waals surface area contributed by atoms with Crippen LogP contribution in [0, 0.1) is 0 Å². The number of H-pyrrole nitrogens is 2. The average Bonchev–Trinajstić information content (AvgIpc) is 3.60. The summed E-state index contributed by atoms with van der Waals surface area (Å²) < 4.78 is 12.0. The molecule has 2 N–H and O–H groups in total. The van der Waals surface area contributed by atoms with Crippen LogP contribution in [0.2, 0.25) is 0 Å². The van der Waals surface area contributed by atoms with Gasteiger partial charge in [-0.25, -0.2) is 9.97 Å². The van der Waals surface area contributed by atoms with Gasteiger partial charge in [-0.2, -0.15) is 0 Å². The Labute approximate surface area is 221 Å². The van der Waals surface area contributed by atoms with Gasteiger partial charge in [-0.1, -0.05) is 48.5 Å². The molecule has 0 aliphatic heterocycles. The van der Waals surface area contributed by atoms with Crippen LogP contribution in [0.25, 0.3) is 44.8 Å². The van der Waals surface area contributed by atoms with Crippen molar-refractivity contribution in [3.8, 4) is 34.3 Å². The minimum Gasteiger partial charge on any atom is -0.494 e. The molecule has 0 spiro atoms. The SMILES string of the molecule is c1cc(OCCCCCCOc2cccc(-c3nc4ccccc4[nH]3)c2)cc(-c2nc3ccccc3[nH]2)c1. The fourth-order valence-corrected chi connectivity index (χ4v) is 4.58. The van der Waals surface area contributed by atoms with Crippen LogP contribution in [-0.4, -0.2) is 33.1 Å². The number of ether oxygens (including phenoxy) is 2. The van der Waals surface area contributed by atoms with E-state index >= 15 is 0 Å². The number of benzene rings is 4. The molecular weight excluding hydrogens is 472 g/mol. The van der Waals surface area contributed by atoms with Gasteiger partial charge in [0.15, 0.2) is 0 Å². The molecule has 6 rings (SSSR count). The van der Waals surface area contributed by atoms with Gasteiger partial charge >= 0.3 is 0 Å². The minimum atomic E-state index is 0.698. The van der Waals surface area contributed by atoms with Crippen LogP contribution in [0.15, 0.2) is 97.1 Å². The number of hydrogen-bond donors (Lipinski definition) is 2. The molecule has 0 aliphatic rings. The number of para-hydroxylation sites is 4. The number of hydrogen-bond acceptors (Lipinski definition) is 4. The number of rotatable bonds is 11. The second kappa shape index (κ2) is 11.2. The predicted octanol–water partition coefficient (Wildman–Crippen LogP) is 7.79. The molecule has 0 aliphatic carbocycles. The van der Waals surface area contributed by atoms with Gasteiger partial charge in [-0.3, -0.25) is 0 Å². The molecule has 38 heavy (non-hydrogen) atoms. The second-order valence-corrected chi connectivity index (χ2v) is 9.37. The Balaban J connectivity index is 0.921. The molecule has 0 atom stereocenters. The minimum absolute atomic E-state index is 0.698. The number of nitrogens with zero attached hydrogens (tertiary/aromatic N) is 2. The van der Waals surface area contributed by atoms with Gasteiger partial charge in [0.2, 0.25) is 0 Å². The third-order valence-corrected chi connectivity index (χ3v) is 6.57. The summed E-state index contributed by atoms with van der Waals surface area (Å²) >= 11 is 0. The van der Waals surface area contributed by atoms with Crippen molar-refractivity contribution in [3.63, 3.8) is 0 Å². The normalized spacial score (nSPS) is 11.3. The highest BCUT2D eigenvalue weighted by molar-refractivity contribution is 5.80. The Morgan fingerprint density at radius 1 is 0.500 bits per heavy atom. The van der Waals surface area contributed by atoms with E-state index in [0.29, 0.717) is 13.2 Å². The standard InChI is InChI=1S/C32H30N4O2/c1(7-19-37-25-13-9-11-23(21-25)31-33-27-15-3-4-16-28(27)34-31)2-8-20-38-26-14-10-12-24(22-26)32-35-29-17-5-6-18-30(29)36-32/h3-6,9-18,21-22H,1-2,7-8,19-20H2,(H,33,34)(H,35,36). The lowest BCUT2D eigenvalue weighted by Crippen LogP contribution is -2.00. The fraction of sp³-hybridized carbons (Fsp3) is 0.188. The molecule has 2 heterocycles. The first-order chi connectivity index (χ1) is 18.8. The predicted molar refractivity (Wildman–Crippen MR) is 153 cm³/mol. The molecule has 0 unspecified atom stereocenters. The summed E-state index contributed by atoms with van der Waals surface area (Å²) in [6.07, 6.45) is 4.23. The molecule has 0 saturated heterocycles. The van der Waals surface area contributed by atoms with Crippen molar-refractivity contribution in [3.05, 3.63) is 97.1 Å². The Bertz CT molecular complexity index is 1460. The highest BCUT2D eigenvalue weighted by atomic mass is 16.5. The van der Waals surface area contributed by atoms with Crippen LogP contribution in [0.1, 0.15) is 25.7 Å². The largest absolute Gasteiger partial charge is 0.494 e. The van der Waals surface area contributed by atoms with E-state index in [2.05, 4.69) is 32.1 Å². The smallest absolute Gasteiger partial charge is 0.138 e. The molecule has 0 bridgehead atoms. The maximum atomic E-state index is 6.01. The Kier molecular flexibility index (Phi) is 7.02.